The highest BCUT2D eigenvalue weighted by molar-refractivity contribution is 5.87. The molecule has 32 heavy (non-hydrogen) atoms. The van der Waals surface area contributed by atoms with Crippen molar-refractivity contribution in [2.45, 2.75) is 38.3 Å². The SMILES string of the molecule is CC(=O)N[C@H](Cc1ccccc1)C(=O)NC1CCN(c2nnnn2-c2ccccc2)CC1. The van der Waals surface area contributed by atoms with Crippen molar-refractivity contribution in [3.63, 3.8) is 0 Å². The Morgan fingerprint density at radius 1 is 1.03 bits per heavy atom. The van der Waals surface area contributed by atoms with E-state index in [1.807, 2.05) is 60.7 Å². The molecule has 1 aromatic heterocycles. The van der Waals surface area contributed by atoms with E-state index in [1.165, 1.54) is 6.92 Å². The highest BCUT2D eigenvalue weighted by Gasteiger charge is 2.27. The highest BCUT2D eigenvalue weighted by Crippen LogP contribution is 2.20. The molecule has 9 nitrogen and oxygen atoms in total. The van der Waals surface area contributed by atoms with Crippen LogP contribution in [0, 0.1) is 0 Å². The summed E-state index contributed by atoms with van der Waals surface area (Å²) in [5.41, 5.74) is 1.91. The summed E-state index contributed by atoms with van der Waals surface area (Å²) in [6.45, 7) is 2.88. The van der Waals surface area contributed by atoms with Gasteiger partial charge < -0.3 is 15.5 Å². The first-order chi connectivity index (χ1) is 15.6. The molecule has 1 saturated heterocycles. The van der Waals surface area contributed by atoms with E-state index in [9.17, 15) is 9.59 Å². The second kappa shape index (κ2) is 10.0. The molecule has 166 valence electrons. The van der Waals surface area contributed by atoms with Gasteiger partial charge >= 0.3 is 0 Å². The van der Waals surface area contributed by atoms with Gasteiger partial charge in [0.25, 0.3) is 0 Å². The third-order valence-electron chi connectivity index (χ3n) is 5.55. The minimum atomic E-state index is -0.599. The number of nitrogens with zero attached hydrogens (tertiary/aromatic N) is 5. The summed E-state index contributed by atoms with van der Waals surface area (Å²) in [7, 11) is 0. The number of piperidine rings is 1. The molecule has 1 aliphatic heterocycles. The summed E-state index contributed by atoms with van der Waals surface area (Å²) >= 11 is 0. The van der Waals surface area contributed by atoms with E-state index < -0.39 is 6.04 Å². The Balaban J connectivity index is 1.35. The van der Waals surface area contributed by atoms with Crippen molar-refractivity contribution in [1.29, 1.82) is 0 Å². The fraction of sp³-hybridized carbons (Fsp3) is 0.348. The summed E-state index contributed by atoms with van der Waals surface area (Å²) in [6, 6.07) is 18.9. The highest BCUT2D eigenvalue weighted by atomic mass is 16.2. The van der Waals surface area contributed by atoms with Crippen LogP contribution in [0.2, 0.25) is 0 Å². The first-order valence-electron chi connectivity index (χ1n) is 10.8. The fourth-order valence-corrected chi connectivity index (χ4v) is 3.95. The van der Waals surface area contributed by atoms with Gasteiger partial charge in [-0.1, -0.05) is 53.6 Å². The van der Waals surface area contributed by atoms with Gasteiger partial charge in [0.05, 0.1) is 5.69 Å². The molecular formula is C23H27N7O2. The summed E-state index contributed by atoms with van der Waals surface area (Å²) < 4.78 is 1.73. The number of aromatic nitrogens is 4. The van der Waals surface area contributed by atoms with Gasteiger partial charge in [-0.15, -0.1) is 0 Å². The van der Waals surface area contributed by atoms with Crippen LogP contribution in [-0.4, -0.2) is 57.2 Å². The second-order valence-corrected chi connectivity index (χ2v) is 7.94. The van der Waals surface area contributed by atoms with Crippen LogP contribution in [0.15, 0.2) is 60.7 Å². The summed E-state index contributed by atoms with van der Waals surface area (Å²) in [6.07, 6.45) is 1.99. The maximum Gasteiger partial charge on any atom is 0.250 e. The molecule has 0 saturated carbocycles. The average molecular weight is 434 g/mol. The lowest BCUT2D eigenvalue weighted by atomic mass is 10.0. The van der Waals surface area contributed by atoms with Crippen LogP contribution in [0.1, 0.15) is 25.3 Å². The first-order valence-corrected chi connectivity index (χ1v) is 10.8. The molecular weight excluding hydrogens is 406 g/mol. The molecule has 1 aliphatic rings. The van der Waals surface area contributed by atoms with Crippen LogP contribution in [-0.2, 0) is 16.0 Å². The predicted octanol–water partition coefficient (Wildman–Crippen LogP) is 1.49. The molecule has 1 atom stereocenters. The molecule has 2 heterocycles. The van der Waals surface area contributed by atoms with Gasteiger partial charge in [0.2, 0.25) is 17.8 Å². The quantitative estimate of drug-likeness (QED) is 0.585. The molecule has 9 heteroatoms. The number of tetrazole rings is 1. The van der Waals surface area contributed by atoms with Gasteiger partial charge in [-0.05, 0) is 41.0 Å². The van der Waals surface area contributed by atoms with Crippen LogP contribution in [0.4, 0.5) is 5.95 Å². The Labute approximate surface area is 186 Å². The Kier molecular flexibility index (Phi) is 6.74. The lowest BCUT2D eigenvalue weighted by molar-refractivity contribution is -0.128. The van der Waals surface area contributed by atoms with Crippen molar-refractivity contribution in [2.24, 2.45) is 0 Å². The van der Waals surface area contributed by atoms with Crippen LogP contribution in [0.3, 0.4) is 0 Å². The largest absolute Gasteiger partial charge is 0.351 e. The lowest BCUT2D eigenvalue weighted by Crippen LogP contribution is -2.52. The van der Waals surface area contributed by atoms with Crippen LogP contribution >= 0.6 is 0 Å². The van der Waals surface area contributed by atoms with Crippen LogP contribution in [0.25, 0.3) is 5.69 Å². The normalized spacial score (nSPS) is 15.2. The molecule has 0 spiro atoms. The third-order valence-corrected chi connectivity index (χ3v) is 5.55. The predicted molar refractivity (Wildman–Crippen MR) is 120 cm³/mol. The van der Waals surface area contributed by atoms with E-state index >= 15 is 0 Å². The lowest BCUT2D eigenvalue weighted by Gasteiger charge is -2.33. The van der Waals surface area contributed by atoms with E-state index in [-0.39, 0.29) is 17.9 Å². The Morgan fingerprint density at radius 3 is 2.34 bits per heavy atom. The van der Waals surface area contributed by atoms with E-state index in [0.717, 1.165) is 37.2 Å². The summed E-state index contributed by atoms with van der Waals surface area (Å²) in [4.78, 5) is 26.7. The number of anilines is 1. The number of carbonyl (C=O) groups is 2. The third kappa shape index (κ3) is 5.29. The van der Waals surface area contributed by atoms with E-state index in [4.69, 9.17) is 0 Å². The number of hydrogen-bond acceptors (Lipinski definition) is 6. The van der Waals surface area contributed by atoms with Crippen molar-refractivity contribution in [1.82, 2.24) is 30.8 Å². The Bertz CT molecular complexity index is 1030. The molecule has 1 fully saturated rings. The molecule has 4 rings (SSSR count). The van der Waals surface area contributed by atoms with E-state index in [0.29, 0.717) is 12.4 Å². The van der Waals surface area contributed by atoms with Crippen LogP contribution < -0.4 is 15.5 Å². The Hall–Kier alpha value is -3.75. The maximum atomic E-state index is 12.9. The minimum absolute atomic E-state index is 0.0341. The number of amides is 2. The summed E-state index contributed by atoms with van der Waals surface area (Å²) in [5.74, 6) is 0.321. The number of carbonyl (C=O) groups excluding carboxylic acids is 2. The smallest absolute Gasteiger partial charge is 0.250 e. The minimum Gasteiger partial charge on any atom is -0.351 e. The monoisotopic (exact) mass is 433 g/mol. The number of para-hydroxylation sites is 1. The molecule has 0 bridgehead atoms. The zero-order valence-electron chi connectivity index (χ0n) is 18.0. The van der Waals surface area contributed by atoms with Gasteiger partial charge in [-0.25, -0.2) is 0 Å². The summed E-state index contributed by atoms with van der Waals surface area (Å²) in [5, 5.41) is 18.1. The van der Waals surface area contributed by atoms with E-state index in [1.54, 1.807) is 4.68 Å². The van der Waals surface area contributed by atoms with E-state index in [2.05, 4.69) is 31.1 Å². The van der Waals surface area contributed by atoms with Gasteiger partial charge in [0.15, 0.2) is 0 Å². The van der Waals surface area contributed by atoms with Crippen molar-refractivity contribution >= 4 is 17.8 Å². The van der Waals surface area contributed by atoms with Crippen molar-refractivity contribution < 1.29 is 9.59 Å². The number of hydrogen-bond donors (Lipinski definition) is 2. The molecule has 0 aliphatic carbocycles. The zero-order valence-corrected chi connectivity index (χ0v) is 18.0. The molecule has 2 amide bonds. The number of benzene rings is 2. The number of nitrogens with one attached hydrogen (secondary N) is 2. The van der Waals surface area contributed by atoms with Crippen molar-refractivity contribution in [3.05, 3.63) is 66.2 Å². The molecule has 2 aromatic carbocycles. The maximum absolute atomic E-state index is 12.9. The van der Waals surface area contributed by atoms with Gasteiger partial charge in [0, 0.05) is 32.5 Å². The van der Waals surface area contributed by atoms with Crippen LogP contribution in [0.5, 0.6) is 0 Å². The zero-order chi connectivity index (χ0) is 22.3. The fourth-order valence-electron chi connectivity index (χ4n) is 3.95. The van der Waals surface area contributed by atoms with Crippen molar-refractivity contribution in [2.75, 3.05) is 18.0 Å². The average Bonchev–Trinajstić information content (AvgIpc) is 3.30. The molecule has 2 N–H and O–H groups in total. The standard InChI is InChI=1S/C23H27N7O2/c1-17(31)24-21(16-18-8-4-2-5-9-18)22(32)25-19-12-14-29(15-13-19)23-26-27-28-30(23)20-10-6-3-7-11-20/h2-11,19,21H,12-16H2,1H3,(H,24,31)(H,25,32)/t21-/m1/s1. The van der Waals surface area contributed by atoms with Gasteiger partial charge in [-0.2, -0.15) is 4.68 Å². The molecule has 0 radical (unpaired) electrons. The topological polar surface area (TPSA) is 105 Å². The Morgan fingerprint density at radius 2 is 1.69 bits per heavy atom. The van der Waals surface area contributed by atoms with Crippen molar-refractivity contribution in [3.8, 4) is 5.69 Å². The van der Waals surface area contributed by atoms with Gasteiger partial charge in [-0.3, -0.25) is 9.59 Å². The first kappa shape index (κ1) is 21.5. The molecule has 3 aromatic rings. The van der Waals surface area contributed by atoms with Gasteiger partial charge in [0.1, 0.15) is 6.04 Å². The second-order valence-electron chi connectivity index (χ2n) is 7.94. The molecule has 0 unspecified atom stereocenters. The number of rotatable bonds is 7.